The van der Waals surface area contributed by atoms with Crippen molar-refractivity contribution in [2.24, 2.45) is 0 Å². The molecule has 0 aliphatic heterocycles. The van der Waals surface area contributed by atoms with E-state index in [1.165, 1.54) is 21.8 Å². The molecule has 1 aliphatic carbocycles. The van der Waals surface area contributed by atoms with Crippen LogP contribution in [-0.4, -0.2) is 11.5 Å². The quantitative estimate of drug-likeness (QED) is 0.917. The van der Waals surface area contributed by atoms with Gasteiger partial charge in [0.1, 0.15) is 5.01 Å². The Morgan fingerprint density at radius 3 is 2.71 bits per heavy atom. The summed E-state index contributed by atoms with van der Waals surface area (Å²) >= 11 is 1.80. The van der Waals surface area contributed by atoms with Gasteiger partial charge in [-0.3, -0.25) is 0 Å². The van der Waals surface area contributed by atoms with Crippen molar-refractivity contribution in [2.45, 2.75) is 51.5 Å². The molecule has 1 N–H and O–H groups in total. The first-order chi connectivity index (χ1) is 9.97. The number of aryl methyl sites for hydroxylation is 1. The van der Waals surface area contributed by atoms with Gasteiger partial charge in [0, 0.05) is 10.8 Å². The minimum Gasteiger partial charge on any atom is -0.302 e. The topological polar surface area (TPSA) is 24.9 Å². The minimum atomic E-state index is -0.0838. The molecule has 1 aliphatic rings. The number of nitrogens with one attached hydrogen (secondary N) is 1. The highest BCUT2D eigenvalue weighted by Gasteiger charge is 2.42. The van der Waals surface area contributed by atoms with E-state index >= 15 is 0 Å². The van der Waals surface area contributed by atoms with Crippen molar-refractivity contribution in [3.63, 3.8) is 0 Å². The molecule has 3 heteroatoms. The van der Waals surface area contributed by atoms with E-state index in [1.54, 1.807) is 11.3 Å². The SMILES string of the molecule is CCNC1(c2nc(C(C)(C)C)cs2)CCc2ccccc21. The van der Waals surface area contributed by atoms with Gasteiger partial charge in [0.2, 0.25) is 0 Å². The molecule has 3 rings (SSSR count). The summed E-state index contributed by atoms with van der Waals surface area (Å²) in [4.78, 5) is 5.01. The van der Waals surface area contributed by atoms with Crippen LogP contribution in [0.4, 0.5) is 0 Å². The zero-order valence-electron chi connectivity index (χ0n) is 13.4. The lowest BCUT2D eigenvalue weighted by molar-refractivity contribution is 0.405. The van der Waals surface area contributed by atoms with Crippen molar-refractivity contribution >= 4 is 11.3 Å². The van der Waals surface area contributed by atoms with Crippen LogP contribution in [0, 0.1) is 0 Å². The van der Waals surface area contributed by atoms with E-state index in [9.17, 15) is 0 Å². The molecule has 2 aromatic rings. The van der Waals surface area contributed by atoms with Crippen LogP contribution in [0.25, 0.3) is 0 Å². The van der Waals surface area contributed by atoms with Crippen LogP contribution in [0.1, 0.15) is 55.9 Å². The van der Waals surface area contributed by atoms with E-state index in [2.05, 4.69) is 62.7 Å². The maximum absolute atomic E-state index is 5.01. The smallest absolute Gasteiger partial charge is 0.118 e. The summed E-state index contributed by atoms with van der Waals surface area (Å²) in [5, 5.41) is 7.20. The Labute approximate surface area is 131 Å². The lowest BCUT2D eigenvalue weighted by Crippen LogP contribution is -2.41. The summed E-state index contributed by atoms with van der Waals surface area (Å²) in [6.07, 6.45) is 2.24. The molecule has 1 unspecified atom stereocenters. The zero-order valence-corrected chi connectivity index (χ0v) is 14.2. The van der Waals surface area contributed by atoms with Crippen LogP contribution in [0.5, 0.6) is 0 Å². The first kappa shape index (κ1) is 14.7. The summed E-state index contributed by atoms with van der Waals surface area (Å²) in [5.74, 6) is 0. The monoisotopic (exact) mass is 300 g/mol. The molecule has 0 saturated heterocycles. The largest absolute Gasteiger partial charge is 0.302 e. The highest BCUT2D eigenvalue weighted by Crippen LogP contribution is 2.43. The third-order valence-electron chi connectivity index (χ3n) is 4.36. The van der Waals surface area contributed by atoms with Crippen LogP contribution in [0.15, 0.2) is 29.6 Å². The van der Waals surface area contributed by atoms with Crippen LogP contribution in [-0.2, 0) is 17.4 Å². The lowest BCUT2D eigenvalue weighted by atomic mass is 9.91. The van der Waals surface area contributed by atoms with Gasteiger partial charge < -0.3 is 5.32 Å². The van der Waals surface area contributed by atoms with E-state index in [0.717, 1.165) is 19.4 Å². The molecule has 112 valence electrons. The fraction of sp³-hybridized carbons (Fsp3) is 0.500. The van der Waals surface area contributed by atoms with Crippen molar-refractivity contribution in [2.75, 3.05) is 6.54 Å². The van der Waals surface area contributed by atoms with Crippen LogP contribution in [0.2, 0.25) is 0 Å². The number of nitrogens with zero attached hydrogens (tertiary/aromatic N) is 1. The number of fused-ring (bicyclic) bond motifs is 1. The normalized spacial score (nSPS) is 21.5. The Hall–Kier alpha value is -1.19. The number of hydrogen-bond donors (Lipinski definition) is 1. The van der Waals surface area contributed by atoms with Crippen molar-refractivity contribution in [1.82, 2.24) is 10.3 Å². The third kappa shape index (κ3) is 2.43. The molecule has 0 spiro atoms. The number of benzene rings is 1. The number of rotatable bonds is 3. The molecule has 0 bridgehead atoms. The predicted octanol–water partition coefficient (Wildman–Crippen LogP) is 4.24. The molecular weight excluding hydrogens is 276 g/mol. The summed E-state index contributed by atoms with van der Waals surface area (Å²) in [6, 6.07) is 8.81. The van der Waals surface area contributed by atoms with E-state index in [-0.39, 0.29) is 11.0 Å². The predicted molar refractivity (Wildman–Crippen MR) is 90.0 cm³/mol. The molecule has 21 heavy (non-hydrogen) atoms. The molecular formula is C18H24N2S. The second-order valence-electron chi connectivity index (χ2n) is 6.88. The van der Waals surface area contributed by atoms with Crippen molar-refractivity contribution in [3.05, 3.63) is 51.5 Å². The molecule has 0 radical (unpaired) electrons. The minimum absolute atomic E-state index is 0.0838. The molecule has 1 atom stereocenters. The summed E-state index contributed by atoms with van der Waals surface area (Å²) in [5.41, 5.74) is 4.11. The van der Waals surface area contributed by atoms with Crippen molar-refractivity contribution < 1.29 is 0 Å². The fourth-order valence-corrected chi connectivity index (χ4v) is 4.47. The Balaban J connectivity index is 2.10. The number of thiazole rings is 1. The number of hydrogen-bond acceptors (Lipinski definition) is 3. The summed E-state index contributed by atoms with van der Waals surface area (Å²) < 4.78 is 0. The second kappa shape index (κ2) is 5.22. The number of aromatic nitrogens is 1. The van der Waals surface area contributed by atoms with Gasteiger partial charge in [0.05, 0.1) is 11.2 Å². The van der Waals surface area contributed by atoms with Gasteiger partial charge in [-0.2, -0.15) is 0 Å². The molecule has 1 aromatic carbocycles. The van der Waals surface area contributed by atoms with Gasteiger partial charge in [-0.05, 0) is 30.5 Å². The molecule has 0 fully saturated rings. The van der Waals surface area contributed by atoms with E-state index in [0.29, 0.717) is 0 Å². The Bertz CT molecular complexity index is 635. The van der Waals surface area contributed by atoms with Crippen molar-refractivity contribution in [3.8, 4) is 0 Å². The van der Waals surface area contributed by atoms with Gasteiger partial charge in [0.25, 0.3) is 0 Å². The molecule has 0 saturated carbocycles. The van der Waals surface area contributed by atoms with Crippen LogP contribution >= 0.6 is 11.3 Å². The van der Waals surface area contributed by atoms with Gasteiger partial charge >= 0.3 is 0 Å². The van der Waals surface area contributed by atoms with Gasteiger partial charge in [-0.25, -0.2) is 4.98 Å². The molecule has 0 amide bonds. The third-order valence-corrected chi connectivity index (χ3v) is 5.37. The molecule has 1 heterocycles. The molecule has 2 nitrogen and oxygen atoms in total. The highest BCUT2D eigenvalue weighted by atomic mass is 32.1. The summed E-state index contributed by atoms with van der Waals surface area (Å²) in [6.45, 7) is 9.83. The van der Waals surface area contributed by atoms with Crippen molar-refractivity contribution in [1.29, 1.82) is 0 Å². The Morgan fingerprint density at radius 2 is 2.05 bits per heavy atom. The Kier molecular flexibility index (Phi) is 3.66. The van der Waals surface area contributed by atoms with E-state index in [4.69, 9.17) is 4.98 Å². The lowest BCUT2D eigenvalue weighted by Gasteiger charge is -2.29. The summed E-state index contributed by atoms with van der Waals surface area (Å²) in [7, 11) is 0. The fourth-order valence-electron chi connectivity index (χ4n) is 3.21. The highest BCUT2D eigenvalue weighted by molar-refractivity contribution is 7.09. The second-order valence-corrected chi connectivity index (χ2v) is 7.74. The maximum atomic E-state index is 5.01. The maximum Gasteiger partial charge on any atom is 0.118 e. The zero-order chi connectivity index (χ0) is 15.1. The first-order valence-corrected chi connectivity index (χ1v) is 8.65. The standard InChI is InChI=1S/C18H24N2S/c1-5-19-18(11-10-13-8-6-7-9-14(13)18)16-20-15(12-21-16)17(2,3)4/h6-9,12,19H,5,10-11H2,1-4H3. The van der Waals surface area contributed by atoms with E-state index < -0.39 is 0 Å². The first-order valence-electron chi connectivity index (χ1n) is 7.77. The van der Waals surface area contributed by atoms with Gasteiger partial charge in [0.15, 0.2) is 0 Å². The van der Waals surface area contributed by atoms with Gasteiger partial charge in [-0.1, -0.05) is 52.0 Å². The van der Waals surface area contributed by atoms with Crippen LogP contribution in [0.3, 0.4) is 0 Å². The Morgan fingerprint density at radius 1 is 1.29 bits per heavy atom. The van der Waals surface area contributed by atoms with Crippen LogP contribution < -0.4 is 5.32 Å². The average Bonchev–Trinajstić information content (AvgIpc) is 3.05. The molecule has 1 aromatic heterocycles. The van der Waals surface area contributed by atoms with Gasteiger partial charge in [-0.15, -0.1) is 11.3 Å². The van der Waals surface area contributed by atoms with E-state index in [1.807, 2.05) is 0 Å². The average molecular weight is 300 g/mol.